The van der Waals surface area contributed by atoms with E-state index in [1.807, 2.05) is 0 Å². The molecule has 0 rings (SSSR count). The molecule has 1 N–H and O–H groups in total. The zero-order valence-corrected chi connectivity index (χ0v) is 6.40. The summed E-state index contributed by atoms with van der Waals surface area (Å²) in [6, 6.07) is 0. The van der Waals surface area contributed by atoms with Crippen LogP contribution in [0.4, 0.5) is 0 Å². The maximum absolute atomic E-state index is 8.46. The van der Waals surface area contributed by atoms with Crippen LogP contribution in [-0.2, 0) is 4.57 Å². The molecule has 0 aliphatic heterocycles. The normalized spacial score (nSPS) is 5.25. The molecule has 0 amide bonds. The van der Waals surface area contributed by atoms with E-state index in [9.17, 15) is 0 Å². The Bertz CT molecular complexity index is 13.5. The average Bonchev–Trinajstić information content (AvgIpc) is 0.918. The molecular weight excluding hydrogens is 202 g/mol. The third kappa shape index (κ3) is 10.5. The topological polar surface area (TPSA) is 37.3 Å². The maximum Gasteiger partial charge on any atom is 0.324 e. The minimum absolute atomic E-state index is 0. The van der Waals surface area contributed by atoms with Crippen LogP contribution < -0.4 is 0 Å². The first kappa shape index (κ1) is 8.98. The van der Waals surface area contributed by atoms with Crippen molar-refractivity contribution >= 4 is 8.69 Å². The van der Waals surface area contributed by atoms with Gasteiger partial charge >= 0.3 is 8.69 Å². The first-order chi connectivity index (χ1) is 1.41. The molecule has 0 aromatic carbocycles. The summed E-state index contributed by atoms with van der Waals surface area (Å²) in [5.41, 5.74) is 0. The Morgan fingerprint density at radius 1 is 1.75 bits per heavy atom. The van der Waals surface area contributed by atoms with Crippen LogP contribution in [0, 0.1) is 35.6 Å². The van der Waals surface area contributed by atoms with E-state index in [2.05, 4.69) is 0 Å². The van der Waals surface area contributed by atoms with Crippen LogP contribution in [0.3, 0.4) is 0 Å². The predicted molar refractivity (Wildman–Crippen MR) is 9.83 cm³/mol. The van der Waals surface area contributed by atoms with Crippen LogP contribution in [0.15, 0.2) is 0 Å². The van der Waals surface area contributed by atoms with Crippen molar-refractivity contribution in [2.24, 2.45) is 0 Å². The Balaban J connectivity index is 0. The van der Waals surface area contributed by atoms with Gasteiger partial charge in [0.2, 0.25) is 0 Å². The van der Waals surface area contributed by atoms with E-state index in [0.29, 0.717) is 0 Å². The maximum atomic E-state index is 8.46. The molecule has 0 fully saturated rings. The molecule has 4 heavy (non-hydrogen) atoms. The summed E-state index contributed by atoms with van der Waals surface area (Å²) in [5.74, 6) is 0. The van der Waals surface area contributed by atoms with Crippen molar-refractivity contribution in [3.63, 3.8) is 0 Å². The van der Waals surface area contributed by atoms with Gasteiger partial charge in [0.1, 0.15) is 0 Å². The molecule has 21 valence electrons. The van der Waals surface area contributed by atoms with Gasteiger partial charge in [-0.15, -0.1) is 0 Å². The summed E-state index contributed by atoms with van der Waals surface area (Å²) in [4.78, 5) is 6.99. The second-order valence-corrected chi connectivity index (χ2v) is 0.245. The smallest absolute Gasteiger partial charge is 0.310 e. The van der Waals surface area contributed by atoms with Gasteiger partial charge in [0.15, 0.2) is 0 Å². The fourth-order valence-corrected chi connectivity index (χ4v) is 0. The molecular formula is HLaO2P. The third-order valence-corrected chi connectivity index (χ3v) is 0. The van der Waals surface area contributed by atoms with Gasteiger partial charge in [0, 0.05) is 35.6 Å². The molecule has 1 radical (unpaired) electrons. The SMILES string of the molecule is O=PO.[La]. The quantitative estimate of drug-likeness (QED) is 0.570. The van der Waals surface area contributed by atoms with Crippen molar-refractivity contribution in [2.45, 2.75) is 0 Å². The molecule has 0 spiro atoms. The van der Waals surface area contributed by atoms with Gasteiger partial charge in [-0.1, -0.05) is 0 Å². The minimum Gasteiger partial charge on any atom is -0.310 e. The molecule has 0 unspecified atom stereocenters. The molecule has 0 aliphatic rings. The molecule has 0 heterocycles. The fraction of sp³-hybridized carbons (Fsp3) is 0. The standard InChI is InChI=1S/La.HO2P/c;1-3-2/h;(H,1,2). The summed E-state index contributed by atoms with van der Waals surface area (Å²) in [5, 5.41) is 0. The molecule has 2 nitrogen and oxygen atoms in total. The van der Waals surface area contributed by atoms with Crippen LogP contribution in [0.2, 0.25) is 0 Å². The van der Waals surface area contributed by atoms with Gasteiger partial charge in [-0.05, 0) is 0 Å². The second-order valence-electron chi connectivity index (χ2n) is 0.0816. The van der Waals surface area contributed by atoms with Gasteiger partial charge in [-0.25, -0.2) is 4.57 Å². The molecule has 0 atom stereocenters. The van der Waals surface area contributed by atoms with E-state index >= 15 is 0 Å². The van der Waals surface area contributed by atoms with Crippen molar-refractivity contribution in [3.8, 4) is 0 Å². The molecule has 0 bridgehead atoms. The van der Waals surface area contributed by atoms with Gasteiger partial charge in [0.25, 0.3) is 0 Å². The van der Waals surface area contributed by atoms with E-state index in [1.165, 1.54) is 0 Å². The summed E-state index contributed by atoms with van der Waals surface area (Å²) in [6.07, 6.45) is 0. The van der Waals surface area contributed by atoms with Crippen molar-refractivity contribution in [1.29, 1.82) is 0 Å². The van der Waals surface area contributed by atoms with E-state index in [1.54, 1.807) is 0 Å². The van der Waals surface area contributed by atoms with Crippen LogP contribution >= 0.6 is 8.69 Å². The van der Waals surface area contributed by atoms with Gasteiger partial charge in [0.05, 0.1) is 0 Å². The molecule has 0 saturated carbocycles. The van der Waals surface area contributed by atoms with Gasteiger partial charge in [-0.2, -0.15) is 0 Å². The summed E-state index contributed by atoms with van der Waals surface area (Å²) in [6.45, 7) is 0. The van der Waals surface area contributed by atoms with Crippen LogP contribution in [0.1, 0.15) is 0 Å². The average molecular weight is 203 g/mol. The summed E-state index contributed by atoms with van der Waals surface area (Å²) >= 11 is 0. The first-order valence-corrected chi connectivity index (χ1v) is 1.15. The van der Waals surface area contributed by atoms with E-state index in [0.717, 1.165) is 0 Å². The van der Waals surface area contributed by atoms with Crippen molar-refractivity contribution in [1.82, 2.24) is 0 Å². The van der Waals surface area contributed by atoms with Gasteiger partial charge in [-0.3, -0.25) is 0 Å². The molecule has 0 saturated heterocycles. The van der Waals surface area contributed by atoms with E-state index < -0.39 is 8.69 Å². The van der Waals surface area contributed by atoms with Crippen molar-refractivity contribution < 1.29 is 45.1 Å². The van der Waals surface area contributed by atoms with E-state index in [4.69, 9.17) is 9.46 Å². The summed E-state index contributed by atoms with van der Waals surface area (Å²) in [7, 11) is -0.833. The zero-order valence-electron chi connectivity index (χ0n) is 1.88. The Labute approximate surface area is 53.5 Å². The molecule has 4 heteroatoms. The van der Waals surface area contributed by atoms with Crippen molar-refractivity contribution in [2.75, 3.05) is 0 Å². The largest absolute Gasteiger partial charge is 0.324 e. The Hall–Kier alpha value is 1.25. The van der Waals surface area contributed by atoms with Crippen LogP contribution in [0.5, 0.6) is 0 Å². The predicted octanol–water partition coefficient (Wildman–Crippen LogP) is 0.185. The number of hydrogen-bond acceptors (Lipinski definition) is 1. The van der Waals surface area contributed by atoms with Crippen LogP contribution in [-0.4, -0.2) is 4.89 Å². The first-order valence-electron chi connectivity index (χ1n) is 0.383. The third-order valence-electron chi connectivity index (χ3n) is 0. The molecule has 0 aromatic rings. The Kier molecular flexibility index (Phi) is 19.9. The molecule has 0 aliphatic carbocycles. The van der Waals surface area contributed by atoms with Gasteiger partial charge < -0.3 is 4.89 Å². The Morgan fingerprint density at radius 3 is 1.75 bits per heavy atom. The minimum atomic E-state index is -0.833. The van der Waals surface area contributed by atoms with E-state index in [-0.39, 0.29) is 35.6 Å². The molecule has 0 aromatic heterocycles. The second kappa shape index (κ2) is 8.87. The Morgan fingerprint density at radius 2 is 1.75 bits per heavy atom. The van der Waals surface area contributed by atoms with Crippen molar-refractivity contribution in [3.05, 3.63) is 0 Å². The fourth-order valence-electron chi connectivity index (χ4n) is 0. The number of hydrogen-bond donors (Lipinski definition) is 1. The zero-order chi connectivity index (χ0) is 2.71. The number of rotatable bonds is 0. The monoisotopic (exact) mass is 203 g/mol. The van der Waals surface area contributed by atoms with Crippen LogP contribution in [0.25, 0.3) is 0 Å². The summed E-state index contributed by atoms with van der Waals surface area (Å²) < 4.78 is 8.46.